The molecule has 2 N–H and O–H groups in total. The first-order valence-electron chi connectivity index (χ1n) is 6.78. The smallest absolute Gasteiger partial charge is 0.124 e. The zero-order chi connectivity index (χ0) is 14.7. The van der Waals surface area contributed by atoms with Gasteiger partial charge in [-0.3, -0.25) is 0 Å². The molecule has 0 aliphatic carbocycles. The molecule has 0 aromatic heterocycles. The Morgan fingerprint density at radius 2 is 1.85 bits per heavy atom. The second-order valence-electron chi connectivity index (χ2n) is 4.95. The third-order valence-electron chi connectivity index (χ3n) is 3.37. The van der Waals surface area contributed by atoms with Gasteiger partial charge in [0.15, 0.2) is 0 Å². The molecule has 3 heteroatoms. The van der Waals surface area contributed by atoms with Crippen LogP contribution in [0, 0.1) is 13.8 Å². The Labute approximate surface area is 129 Å². The molecule has 2 aromatic rings. The lowest BCUT2D eigenvalue weighted by Gasteiger charge is -2.19. The van der Waals surface area contributed by atoms with Gasteiger partial charge in [0.2, 0.25) is 0 Å². The van der Waals surface area contributed by atoms with Crippen LogP contribution in [0.5, 0.6) is 5.75 Å². The molecule has 1 unspecified atom stereocenters. The van der Waals surface area contributed by atoms with Gasteiger partial charge in [-0.2, -0.15) is 0 Å². The van der Waals surface area contributed by atoms with Crippen molar-refractivity contribution < 1.29 is 4.74 Å². The maximum atomic E-state index is 6.47. The molecule has 0 saturated heterocycles. The Kier molecular flexibility index (Phi) is 4.84. The van der Waals surface area contributed by atoms with Gasteiger partial charge in [0.25, 0.3) is 0 Å². The maximum absolute atomic E-state index is 6.47. The highest BCUT2D eigenvalue weighted by atomic mass is 79.9. The van der Waals surface area contributed by atoms with Crippen molar-refractivity contribution in [2.75, 3.05) is 6.61 Å². The van der Waals surface area contributed by atoms with E-state index in [1.807, 2.05) is 19.1 Å². The number of halogens is 1. The van der Waals surface area contributed by atoms with Gasteiger partial charge in [-0.1, -0.05) is 39.7 Å². The number of benzene rings is 2. The van der Waals surface area contributed by atoms with E-state index in [0.29, 0.717) is 6.61 Å². The summed E-state index contributed by atoms with van der Waals surface area (Å²) in [6.45, 7) is 6.78. The third kappa shape index (κ3) is 3.22. The van der Waals surface area contributed by atoms with Gasteiger partial charge in [-0.15, -0.1) is 0 Å². The molecule has 2 aromatic carbocycles. The van der Waals surface area contributed by atoms with Crippen molar-refractivity contribution in [2.24, 2.45) is 5.73 Å². The average Bonchev–Trinajstić information content (AvgIpc) is 2.40. The van der Waals surface area contributed by atoms with Crippen molar-refractivity contribution in [1.82, 2.24) is 0 Å². The summed E-state index contributed by atoms with van der Waals surface area (Å²) in [5, 5.41) is 0. The Bertz CT molecular complexity index is 610. The molecule has 0 radical (unpaired) electrons. The molecule has 0 spiro atoms. The van der Waals surface area contributed by atoms with Crippen molar-refractivity contribution >= 4 is 15.9 Å². The summed E-state index contributed by atoms with van der Waals surface area (Å²) in [5.41, 5.74) is 11.0. The normalized spacial score (nSPS) is 12.2. The molecule has 106 valence electrons. The van der Waals surface area contributed by atoms with Crippen LogP contribution in [0.1, 0.15) is 35.2 Å². The molecule has 2 rings (SSSR count). The minimum absolute atomic E-state index is 0.176. The van der Waals surface area contributed by atoms with Gasteiger partial charge in [-0.25, -0.2) is 0 Å². The van der Waals surface area contributed by atoms with Crippen molar-refractivity contribution in [3.63, 3.8) is 0 Å². The van der Waals surface area contributed by atoms with Crippen LogP contribution in [0.3, 0.4) is 0 Å². The second-order valence-corrected chi connectivity index (χ2v) is 5.87. The van der Waals surface area contributed by atoms with E-state index in [-0.39, 0.29) is 6.04 Å². The minimum atomic E-state index is -0.176. The highest BCUT2D eigenvalue weighted by Gasteiger charge is 2.16. The van der Waals surface area contributed by atoms with Gasteiger partial charge < -0.3 is 10.5 Å². The fraction of sp³-hybridized carbons (Fsp3) is 0.294. The first-order chi connectivity index (χ1) is 9.52. The summed E-state index contributed by atoms with van der Waals surface area (Å²) >= 11 is 3.49. The van der Waals surface area contributed by atoms with Crippen molar-refractivity contribution in [3.05, 3.63) is 63.1 Å². The van der Waals surface area contributed by atoms with Crippen LogP contribution >= 0.6 is 15.9 Å². The Morgan fingerprint density at radius 3 is 2.50 bits per heavy atom. The van der Waals surface area contributed by atoms with Crippen LogP contribution in [-0.4, -0.2) is 6.61 Å². The molecule has 20 heavy (non-hydrogen) atoms. The first kappa shape index (κ1) is 15.1. The lowest BCUT2D eigenvalue weighted by atomic mass is 9.94. The molecule has 0 aliphatic heterocycles. The van der Waals surface area contributed by atoms with Gasteiger partial charge in [-0.05, 0) is 50.1 Å². The summed E-state index contributed by atoms with van der Waals surface area (Å²) in [6, 6.07) is 12.2. The topological polar surface area (TPSA) is 35.2 Å². The highest BCUT2D eigenvalue weighted by molar-refractivity contribution is 9.10. The highest BCUT2D eigenvalue weighted by Crippen LogP contribution is 2.31. The van der Waals surface area contributed by atoms with Crippen LogP contribution in [-0.2, 0) is 0 Å². The lowest BCUT2D eigenvalue weighted by Crippen LogP contribution is -2.15. The van der Waals surface area contributed by atoms with E-state index in [9.17, 15) is 0 Å². The molecule has 2 nitrogen and oxygen atoms in total. The van der Waals surface area contributed by atoms with Gasteiger partial charge in [0, 0.05) is 10.0 Å². The average molecular weight is 334 g/mol. The Morgan fingerprint density at radius 1 is 1.10 bits per heavy atom. The summed E-state index contributed by atoms with van der Waals surface area (Å²) in [5.74, 6) is 0.868. The number of aryl methyl sites for hydroxylation is 2. The third-order valence-corrected chi connectivity index (χ3v) is 3.86. The summed E-state index contributed by atoms with van der Waals surface area (Å²) in [7, 11) is 0. The van der Waals surface area contributed by atoms with E-state index in [1.54, 1.807) is 0 Å². The van der Waals surface area contributed by atoms with Crippen LogP contribution in [0.4, 0.5) is 0 Å². The summed E-state index contributed by atoms with van der Waals surface area (Å²) in [4.78, 5) is 0. The van der Waals surface area contributed by atoms with Crippen LogP contribution in [0.25, 0.3) is 0 Å². The number of ether oxygens (including phenoxy) is 1. The second kappa shape index (κ2) is 6.42. The fourth-order valence-corrected chi connectivity index (χ4v) is 2.83. The van der Waals surface area contributed by atoms with Gasteiger partial charge in [0.1, 0.15) is 5.75 Å². The van der Waals surface area contributed by atoms with E-state index >= 15 is 0 Å². The minimum Gasteiger partial charge on any atom is -0.494 e. The van der Waals surface area contributed by atoms with Crippen molar-refractivity contribution in [3.8, 4) is 5.75 Å². The predicted molar refractivity (Wildman–Crippen MR) is 87.3 cm³/mol. The quantitative estimate of drug-likeness (QED) is 0.893. The largest absolute Gasteiger partial charge is 0.494 e. The Balaban J connectivity index is 2.46. The Hall–Kier alpha value is -1.32. The molecule has 1 atom stereocenters. The molecular weight excluding hydrogens is 314 g/mol. The zero-order valence-corrected chi connectivity index (χ0v) is 13.7. The summed E-state index contributed by atoms with van der Waals surface area (Å²) < 4.78 is 6.78. The molecule has 0 heterocycles. The molecule has 0 amide bonds. The predicted octanol–water partition coefficient (Wildman–Crippen LogP) is 4.51. The molecule has 0 fully saturated rings. The van der Waals surface area contributed by atoms with E-state index < -0.39 is 0 Å². The van der Waals surface area contributed by atoms with Crippen LogP contribution < -0.4 is 10.5 Å². The number of hydrogen-bond acceptors (Lipinski definition) is 2. The van der Waals surface area contributed by atoms with Crippen molar-refractivity contribution in [1.29, 1.82) is 0 Å². The van der Waals surface area contributed by atoms with Gasteiger partial charge >= 0.3 is 0 Å². The van der Waals surface area contributed by atoms with Crippen LogP contribution in [0.2, 0.25) is 0 Å². The standard InChI is InChI=1S/C17H20BrNO/c1-4-20-16-8-5-11(2)9-15(16)17(19)14-7-6-13(18)10-12(14)3/h5-10,17H,4,19H2,1-3H3. The van der Waals surface area contributed by atoms with E-state index in [2.05, 4.69) is 54.0 Å². The first-order valence-corrected chi connectivity index (χ1v) is 7.57. The maximum Gasteiger partial charge on any atom is 0.124 e. The number of nitrogens with two attached hydrogens (primary N) is 1. The molecule has 0 aliphatic rings. The van der Waals surface area contributed by atoms with E-state index in [0.717, 1.165) is 21.3 Å². The molecule has 0 bridgehead atoms. The molecule has 0 saturated carbocycles. The number of rotatable bonds is 4. The number of hydrogen-bond donors (Lipinski definition) is 1. The monoisotopic (exact) mass is 333 g/mol. The van der Waals surface area contributed by atoms with Crippen molar-refractivity contribution in [2.45, 2.75) is 26.8 Å². The zero-order valence-electron chi connectivity index (χ0n) is 12.1. The van der Waals surface area contributed by atoms with Gasteiger partial charge in [0.05, 0.1) is 12.6 Å². The van der Waals surface area contributed by atoms with E-state index in [4.69, 9.17) is 10.5 Å². The molecular formula is C17H20BrNO. The SMILES string of the molecule is CCOc1ccc(C)cc1C(N)c1ccc(Br)cc1C. The lowest BCUT2D eigenvalue weighted by molar-refractivity contribution is 0.335. The fourth-order valence-electron chi connectivity index (χ4n) is 2.35. The van der Waals surface area contributed by atoms with E-state index in [1.165, 1.54) is 11.1 Å². The summed E-state index contributed by atoms with van der Waals surface area (Å²) in [6.07, 6.45) is 0. The van der Waals surface area contributed by atoms with Crippen LogP contribution in [0.15, 0.2) is 40.9 Å².